The predicted molar refractivity (Wildman–Crippen MR) is 82.7 cm³/mol. The normalized spacial score (nSPS) is 11.2. The average Bonchev–Trinajstić information content (AvgIpc) is 2.40. The number of rotatable bonds is 6. The second-order valence-corrected chi connectivity index (χ2v) is 5.41. The van der Waals surface area contributed by atoms with Gasteiger partial charge in [0, 0.05) is 29.9 Å². The second-order valence-electron chi connectivity index (χ2n) is 5.41. The fourth-order valence-corrected chi connectivity index (χ4v) is 1.83. The smallest absolute Gasteiger partial charge is 0.230 e. The van der Waals surface area contributed by atoms with E-state index in [0.717, 1.165) is 30.9 Å². The van der Waals surface area contributed by atoms with Gasteiger partial charge in [0.05, 0.1) is 0 Å². The highest BCUT2D eigenvalue weighted by Crippen LogP contribution is 2.24. The maximum atomic E-state index is 12.2. The SMILES string of the molecule is CCN(CC)c1cccc(NC(=O)C(C)(C)CC)c1. The first-order valence-electron chi connectivity index (χ1n) is 7.11. The Balaban J connectivity index is 2.86. The quantitative estimate of drug-likeness (QED) is 0.843. The Bertz CT molecular complexity index is 423. The molecule has 0 saturated heterocycles. The molecule has 0 radical (unpaired) electrons. The first-order chi connectivity index (χ1) is 8.94. The highest BCUT2D eigenvalue weighted by molar-refractivity contribution is 5.95. The molecule has 1 N–H and O–H groups in total. The summed E-state index contributed by atoms with van der Waals surface area (Å²) in [5.41, 5.74) is 1.69. The van der Waals surface area contributed by atoms with Gasteiger partial charge in [-0.3, -0.25) is 4.79 Å². The molecule has 0 spiro atoms. The van der Waals surface area contributed by atoms with Gasteiger partial charge in [-0.2, -0.15) is 0 Å². The van der Waals surface area contributed by atoms with Crippen molar-refractivity contribution in [1.29, 1.82) is 0 Å². The zero-order valence-electron chi connectivity index (χ0n) is 12.8. The maximum Gasteiger partial charge on any atom is 0.230 e. The van der Waals surface area contributed by atoms with Crippen LogP contribution in [0.25, 0.3) is 0 Å². The van der Waals surface area contributed by atoms with Crippen molar-refractivity contribution in [1.82, 2.24) is 0 Å². The summed E-state index contributed by atoms with van der Waals surface area (Å²) >= 11 is 0. The van der Waals surface area contributed by atoms with Crippen LogP contribution in [0.3, 0.4) is 0 Å². The zero-order chi connectivity index (χ0) is 14.5. The molecule has 0 aromatic heterocycles. The van der Waals surface area contributed by atoms with Gasteiger partial charge in [0.25, 0.3) is 0 Å². The van der Waals surface area contributed by atoms with Crippen molar-refractivity contribution >= 4 is 17.3 Å². The first kappa shape index (κ1) is 15.5. The summed E-state index contributed by atoms with van der Waals surface area (Å²) in [6, 6.07) is 8.04. The molecule has 0 atom stereocenters. The number of hydrogen-bond donors (Lipinski definition) is 1. The second kappa shape index (κ2) is 6.60. The lowest BCUT2D eigenvalue weighted by Gasteiger charge is -2.24. The third-order valence-electron chi connectivity index (χ3n) is 3.73. The van der Waals surface area contributed by atoms with Crippen molar-refractivity contribution in [2.24, 2.45) is 5.41 Å². The lowest BCUT2D eigenvalue weighted by Crippen LogP contribution is -2.30. The Morgan fingerprint density at radius 3 is 2.37 bits per heavy atom. The number of anilines is 2. The fourth-order valence-electron chi connectivity index (χ4n) is 1.83. The molecule has 0 fully saturated rings. The number of hydrogen-bond acceptors (Lipinski definition) is 2. The van der Waals surface area contributed by atoms with Crippen molar-refractivity contribution < 1.29 is 4.79 Å². The minimum Gasteiger partial charge on any atom is -0.372 e. The monoisotopic (exact) mass is 262 g/mol. The van der Waals surface area contributed by atoms with Crippen LogP contribution in [0.1, 0.15) is 41.0 Å². The molecule has 1 aromatic carbocycles. The molecule has 0 bridgehead atoms. The largest absolute Gasteiger partial charge is 0.372 e. The molecular weight excluding hydrogens is 236 g/mol. The van der Waals surface area contributed by atoms with Crippen LogP contribution in [0.15, 0.2) is 24.3 Å². The summed E-state index contributed by atoms with van der Waals surface area (Å²) in [6.07, 6.45) is 0.828. The summed E-state index contributed by atoms with van der Waals surface area (Å²) in [5, 5.41) is 3.01. The number of nitrogens with one attached hydrogen (secondary N) is 1. The van der Waals surface area contributed by atoms with E-state index in [9.17, 15) is 4.79 Å². The third kappa shape index (κ3) is 3.98. The van der Waals surface area contributed by atoms with Gasteiger partial charge in [0.2, 0.25) is 5.91 Å². The topological polar surface area (TPSA) is 32.3 Å². The Morgan fingerprint density at radius 2 is 1.84 bits per heavy atom. The van der Waals surface area contributed by atoms with Gasteiger partial charge in [0.15, 0.2) is 0 Å². The van der Waals surface area contributed by atoms with Crippen molar-refractivity contribution in [2.45, 2.75) is 41.0 Å². The van der Waals surface area contributed by atoms with Gasteiger partial charge < -0.3 is 10.2 Å². The molecule has 0 heterocycles. The van der Waals surface area contributed by atoms with Crippen LogP contribution in [-0.2, 0) is 4.79 Å². The van der Waals surface area contributed by atoms with Gasteiger partial charge >= 0.3 is 0 Å². The standard InChI is InChI=1S/C16H26N2O/c1-6-16(4,5)15(19)17-13-10-9-11-14(12-13)18(7-2)8-3/h9-12H,6-8H2,1-5H3,(H,17,19). The molecule has 0 aliphatic rings. The van der Waals surface area contributed by atoms with Crippen LogP contribution in [0.5, 0.6) is 0 Å². The lowest BCUT2D eigenvalue weighted by molar-refractivity contribution is -0.124. The summed E-state index contributed by atoms with van der Waals surface area (Å²) < 4.78 is 0. The molecule has 19 heavy (non-hydrogen) atoms. The number of carbonyl (C=O) groups is 1. The molecular formula is C16H26N2O. The molecule has 0 unspecified atom stereocenters. The molecule has 3 heteroatoms. The van der Waals surface area contributed by atoms with Gasteiger partial charge in [0.1, 0.15) is 0 Å². The summed E-state index contributed by atoms with van der Waals surface area (Å²) in [7, 11) is 0. The van der Waals surface area contributed by atoms with E-state index in [2.05, 4.69) is 30.1 Å². The number of benzene rings is 1. The van der Waals surface area contributed by atoms with Gasteiger partial charge in [-0.05, 0) is 38.5 Å². The highest BCUT2D eigenvalue weighted by atomic mass is 16.2. The minimum atomic E-state index is -0.328. The van der Waals surface area contributed by atoms with Gasteiger partial charge in [-0.25, -0.2) is 0 Å². The number of amides is 1. The number of nitrogens with zero attached hydrogens (tertiary/aromatic N) is 1. The van der Waals surface area contributed by atoms with Crippen molar-refractivity contribution in [3.63, 3.8) is 0 Å². The summed E-state index contributed by atoms with van der Waals surface area (Å²) in [6.45, 7) is 12.2. The van der Waals surface area contributed by atoms with E-state index in [1.54, 1.807) is 0 Å². The fraction of sp³-hybridized carbons (Fsp3) is 0.562. The lowest BCUT2D eigenvalue weighted by atomic mass is 9.89. The Hall–Kier alpha value is -1.51. The molecule has 3 nitrogen and oxygen atoms in total. The van der Waals surface area contributed by atoms with Gasteiger partial charge in [-0.15, -0.1) is 0 Å². The average molecular weight is 262 g/mol. The van der Waals surface area contributed by atoms with Crippen LogP contribution in [0, 0.1) is 5.41 Å². The van der Waals surface area contributed by atoms with Gasteiger partial charge in [-0.1, -0.05) is 26.8 Å². The molecule has 1 rings (SSSR count). The van der Waals surface area contributed by atoms with Crippen molar-refractivity contribution in [2.75, 3.05) is 23.3 Å². The van der Waals surface area contributed by atoms with E-state index < -0.39 is 0 Å². The van der Waals surface area contributed by atoms with Crippen LogP contribution >= 0.6 is 0 Å². The Kier molecular flexibility index (Phi) is 5.40. The molecule has 106 valence electrons. The van der Waals surface area contributed by atoms with Crippen LogP contribution in [0.4, 0.5) is 11.4 Å². The van der Waals surface area contributed by atoms with E-state index in [0.29, 0.717) is 0 Å². The van der Waals surface area contributed by atoms with E-state index in [1.165, 1.54) is 0 Å². The number of carbonyl (C=O) groups excluding carboxylic acids is 1. The first-order valence-corrected chi connectivity index (χ1v) is 7.11. The van der Waals surface area contributed by atoms with E-state index in [1.807, 2.05) is 39.0 Å². The molecule has 1 aromatic rings. The predicted octanol–water partition coefficient (Wildman–Crippen LogP) is 3.91. The molecule has 0 aliphatic carbocycles. The summed E-state index contributed by atoms with van der Waals surface area (Å²) in [4.78, 5) is 14.4. The highest BCUT2D eigenvalue weighted by Gasteiger charge is 2.25. The zero-order valence-corrected chi connectivity index (χ0v) is 12.8. The molecule has 0 saturated carbocycles. The Labute approximate surface area is 117 Å². The summed E-state index contributed by atoms with van der Waals surface area (Å²) in [5.74, 6) is 0.0756. The maximum absolute atomic E-state index is 12.2. The van der Waals surface area contributed by atoms with Crippen LogP contribution in [0.2, 0.25) is 0 Å². The molecule has 1 amide bonds. The van der Waals surface area contributed by atoms with Crippen LogP contribution < -0.4 is 10.2 Å². The van der Waals surface area contributed by atoms with Crippen molar-refractivity contribution in [3.8, 4) is 0 Å². The Morgan fingerprint density at radius 1 is 1.21 bits per heavy atom. The minimum absolute atomic E-state index is 0.0756. The third-order valence-corrected chi connectivity index (χ3v) is 3.73. The van der Waals surface area contributed by atoms with Crippen molar-refractivity contribution in [3.05, 3.63) is 24.3 Å². The van der Waals surface area contributed by atoms with E-state index in [-0.39, 0.29) is 11.3 Å². The van der Waals surface area contributed by atoms with E-state index >= 15 is 0 Å². The van der Waals surface area contributed by atoms with Crippen LogP contribution in [-0.4, -0.2) is 19.0 Å². The van der Waals surface area contributed by atoms with E-state index in [4.69, 9.17) is 0 Å². The molecule has 0 aliphatic heterocycles.